The van der Waals surface area contributed by atoms with E-state index in [9.17, 15) is 11.1 Å². The molecule has 4 aromatic rings. The fraction of sp³-hybridized carbons (Fsp3) is 0.435. The first kappa shape index (κ1) is 44.3. The maximum atomic E-state index is 16.3. The number of amides is 2. The molecule has 0 N–H and O–H groups in total. The van der Waals surface area contributed by atoms with Crippen LogP contribution in [-0.2, 0) is 43.0 Å². The third kappa shape index (κ3) is 9.55. The molecule has 2 heterocycles. The number of carbonyl (C=O) groups excluding carboxylic acids is 2. The molecule has 2 aliphatic heterocycles. The van der Waals surface area contributed by atoms with Gasteiger partial charge in [-0.15, -0.1) is 0 Å². The number of hydrogen-bond acceptors (Lipinski definition) is 6. The Morgan fingerprint density at radius 3 is 1.27 bits per heavy atom. The predicted molar refractivity (Wildman–Crippen MR) is 245 cm³/mol. The molecule has 0 fully saturated rings. The highest BCUT2D eigenvalue weighted by Crippen LogP contribution is 2.62. The van der Waals surface area contributed by atoms with Crippen LogP contribution in [0.2, 0.25) is 51.4 Å². The van der Waals surface area contributed by atoms with Crippen LogP contribution < -0.4 is 9.80 Å². The lowest BCUT2D eigenvalue weighted by molar-refractivity contribution is -0.136. The Balaban J connectivity index is 1.60. The standard InChI is InChI=1S/C46H58N8O4Si2/c1-59(2,3)27-25-57-33-37(49-51-47)29-45(39-21-13-15-23-41(39)53(43(45)55)31-35-17-9-7-10-18-35)46(30-38(50-52-48)34-58-26-28-60(4,5)6)40-22-14-16-24-42(40)54(44(46)56)32-36-19-11-8-12-20-36/h7-24,37-38H,25-34H2,1-6H3/t37-,38-,45-,46-/m1/s1. The van der Waals surface area contributed by atoms with E-state index < -0.39 is 39.1 Å². The zero-order chi connectivity index (χ0) is 43.0. The highest BCUT2D eigenvalue weighted by Gasteiger charge is 2.71. The molecule has 0 saturated carbocycles. The first-order chi connectivity index (χ1) is 28.7. The van der Waals surface area contributed by atoms with Crippen LogP contribution in [0.1, 0.15) is 35.1 Å². The summed E-state index contributed by atoms with van der Waals surface area (Å²) in [6, 6.07) is 35.0. The minimum absolute atomic E-state index is 0.0378. The monoisotopic (exact) mass is 842 g/mol. The van der Waals surface area contributed by atoms with Crippen LogP contribution in [0.5, 0.6) is 0 Å². The summed E-state index contributed by atoms with van der Waals surface area (Å²) in [5.41, 5.74) is 21.4. The van der Waals surface area contributed by atoms with E-state index in [-0.39, 0.29) is 51.0 Å². The Bertz CT molecular complexity index is 2060. The van der Waals surface area contributed by atoms with E-state index >= 15 is 9.59 Å². The Hall–Kier alpha value is -5.21. The summed E-state index contributed by atoms with van der Waals surface area (Å²) in [5, 5.41) is 8.64. The normalized spacial score (nSPS) is 19.6. The van der Waals surface area contributed by atoms with Gasteiger partial charge in [-0.05, 0) is 70.4 Å². The Kier molecular flexibility index (Phi) is 14.1. The van der Waals surface area contributed by atoms with Crippen molar-refractivity contribution >= 4 is 39.3 Å². The van der Waals surface area contributed by atoms with Gasteiger partial charge >= 0.3 is 0 Å². The molecule has 0 radical (unpaired) electrons. The largest absolute Gasteiger partial charge is 0.381 e. The number of fused-ring (bicyclic) bond motifs is 2. The first-order valence-electron chi connectivity index (χ1n) is 20.9. The molecule has 0 aromatic heterocycles. The molecule has 314 valence electrons. The van der Waals surface area contributed by atoms with Crippen molar-refractivity contribution in [1.29, 1.82) is 0 Å². The number of hydrogen-bond donors (Lipinski definition) is 0. The molecule has 60 heavy (non-hydrogen) atoms. The van der Waals surface area contributed by atoms with Gasteiger partial charge in [-0.2, -0.15) is 0 Å². The number of carbonyl (C=O) groups is 2. The summed E-state index contributed by atoms with van der Waals surface area (Å²) in [4.78, 5) is 42.7. The maximum Gasteiger partial charge on any atom is 0.239 e. The number of benzene rings is 4. The topological polar surface area (TPSA) is 157 Å². The molecule has 0 bridgehead atoms. The van der Waals surface area contributed by atoms with Gasteiger partial charge in [0.15, 0.2) is 0 Å². The van der Waals surface area contributed by atoms with Crippen molar-refractivity contribution < 1.29 is 19.1 Å². The Morgan fingerprint density at radius 2 is 0.917 bits per heavy atom. The van der Waals surface area contributed by atoms with Crippen molar-refractivity contribution in [1.82, 2.24) is 0 Å². The van der Waals surface area contributed by atoms with Crippen LogP contribution in [0.25, 0.3) is 20.9 Å². The summed E-state index contributed by atoms with van der Waals surface area (Å²) in [5.74, 6) is -0.589. The lowest BCUT2D eigenvalue weighted by Crippen LogP contribution is -2.62. The zero-order valence-electron chi connectivity index (χ0n) is 35.8. The molecule has 6 rings (SSSR count). The third-order valence-electron chi connectivity index (χ3n) is 11.8. The van der Waals surface area contributed by atoms with Gasteiger partial charge in [0.1, 0.15) is 0 Å². The molecule has 2 aliphatic rings. The van der Waals surface area contributed by atoms with Crippen molar-refractivity contribution in [3.8, 4) is 0 Å². The molecule has 0 unspecified atom stereocenters. The van der Waals surface area contributed by atoms with Gasteiger partial charge < -0.3 is 19.3 Å². The predicted octanol–water partition coefficient (Wildman–Crippen LogP) is 10.8. The molecule has 14 heteroatoms. The molecular weight excluding hydrogens is 785 g/mol. The lowest BCUT2D eigenvalue weighted by atomic mass is 9.53. The van der Waals surface area contributed by atoms with Gasteiger partial charge in [-0.1, -0.05) is 147 Å². The van der Waals surface area contributed by atoms with Crippen molar-refractivity contribution in [2.24, 2.45) is 10.2 Å². The summed E-state index contributed by atoms with van der Waals surface area (Å²) < 4.78 is 12.6. The maximum absolute atomic E-state index is 16.3. The number of azide groups is 2. The van der Waals surface area contributed by atoms with Crippen LogP contribution in [0.4, 0.5) is 11.4 Å². The summed E-state index contributed by atoms with van der Waals surface area (Å²) in [7, 11) is -2.93. The molecule has 4 aromatic carbocycles. The molecule has 4 atom stereocenters. The molecule has 0 aliphatic carbocycles. The summed E-state index contributed by atoms with van der Waals surface area (Å²) in [6.45, 7) is 15.2. The van der Waals surface area contributed by atoms with E-state index in [1.54, 1.807) is 9.80 Å². The second kappa shape index (κ2) is 19.0. The Labute approximate surface area is 356 Å². The molecule has 0 saturated heterocycles. The second-order valence-electron chi connectivity index (χ2n) is 18.5. The highest BCUT2D eigenvalue weighted by molar-refractivity contribution is 6.76. The first-order valence-corrected chi connectivity index (χ1v) is 28.3. The SMILES string of the molecule is C[Si](C)(C)CCOC[C@@H](C[C@]1([C@@]2(C[C@H](COCC[Si](C)(C)C)N=[N+]=[N-])C(=O)N(Cc3ccccc3)c3ccccc32)C(=O)N(Cc2ccccc2)c2ccccc21)N=[N+]=[N-]. The van der Waals surface area contributed by atoms with E-state index in [4.69, 9.17) is 9.47 Å². The van der Waals surface area contributed by atoms with E-state index in [1.165, 1.54) is 0 Å². The third-order valence-corrected chi connectivity index (χ3v) is 15.2. The number of nitrogens with zero attached hydrogens (tertiary/aromatic N) is 8. The van der Waals surface area contributed by atoms with Crippen LogP contribution in [0.15, 0.2) is 119 Å². The number of para-hydroxylation sites is 2. The minimum atomic E-state index is -1.65. The smallest absolute Gasteiger partial charge is 0.239 e. The molecular formula is C46H58N8O4Si2. The number of ether oxygens (including phenoxy) is 2. The van der Waals surface area contributed by atoms with Crippen molar-refractivity contribution in [2.75, 3.05) is 36.2 Å². The van der Waals surface area contributed by atoms with Gasteiger partial charge in [-0.25, -0.2) is 0 Å². The average molecular weight is 843 g/mol. The van der Waals surface area contributed by atoms with Crippen molar-refractivity contribution in [2.45, 2.75) is 100 Å². The second-order valence-corrected chi connectivity index (χ2v) is 29.7. The summed E-state index contributed by atoms with van der Waals surface area (Å²) in [6.07, 6.45) is -0.0757. The van der Waals surface area contributed by atoms with Crippen molar-refractivity contribution in [3.05, 3.63) is 152 Å². The van der Waals surface area contributed by atoms with Gasteiger partial charge in [0, 0.05) is 50.6 Å². The van der Waals surface area contributed by atoms with E-state index in [0.717, 1.165) is 23.2 Å². The molecule has 0 spiro atoms. The van der Waals surface area contributed by atoms with E-state index in [0.29, 0.717) is 35.7 Å². The van der Waals surface area contributed by atoms with Crippen LogP contribution in [0, 0.1) is 0 Å². The quantitative estimate of drug-likeness (QED) is 0.0269. The molecule has 12 nitrogen and oxygen atoms in total. The van der Waals surface area contributed by atoms with Crippen LogP contribution >= 0.6 is 0 Å². The van der Waals surface area contributed by atoms with Crippen LogP contribution in [-0.4, -0.2) is 66.5 Å². The van der Waals surface area contributed by atoms with Crippen LogP contribution in [0.3, 0.4) is 0 Å². The fourth-order valence-corrected chi connectivity index (χ4v) is 10.3. The fourth-order valence-electron chi connectivity index (χ4n) is 8.78. The minimum Gasteiger partial charge on any atom is -0.381 e. The highest BCUT2D eigenvalue weighted by atomic mass is 28.3. The van der Waals surface area contributed by atoms with Gasteiger partial charge in [0.2, 0.25) is 11.8 Å². The lowest BCUT2D eigenvalue weighted by Gasteiger charge is -2.47. The molecule has 2 amide bonds. The van der Waals surface area contributed by atoms with Crippen molar-refractivity contribution in [3.63, 3.8) is 0 Å². The van der Waals surface area contributed by atoms with Gasteiger partial charge in [0.05, 0.1) is 49.2 Å². The number of anilines is 2. The van der Waals surface area contributed by atoms with Gasteiger partial charge in [-0.3, -0.25) is 9.59 Å². The van der Waals surface area contributed by atoms with Gasteiger partial charge in [0.25, 0.3) is 0 Å². The average Bonchev–Trinajstić information content (AvgIpc) is 3.59. The summed E-state index contributed by atoms with van der Waals surface area (Å²) >= 11 is 0. The number of rotatable bonds is 21. The Morgan fingerprint density at radius 1 is 0.567 bits per heavy atom. The van der Waals surface area contributed by atoms with E-state index in [2.05, 4.69) is 59.3 Å². The zero-order valence-corrected chi connectivity index (χ0v) is 37.8. The van der Waals surface area contributed by atoms with E-state index in [1.807, 2.05) is 109 Å².